The van der Waals surface area contributed by atoms with Crippen LogP contribution in [0, 0.1) is 24.7 Å². The standard InChI is InChI=1S/C16H22N6O/c1-10-6-4-5-7-13(10)19-16-18-11(2)14(21-23)15(20-16)22-9-8-17-12(22)3/h8-10,13H,4-7H2,1-3H3,(H,18,19,20)/t10-,13+/m1/s1. The largest absolute Gasteiger partial charge is 0.351 e. The lowest BCUT2D eigenvalue weighted by Crippen LogP contribution is -2.31. The van der Waals surface area contributed by atoms with Gasteiger partial charge in [0.25, 0.3) is 0 Å². The first kappa shape index (κ1) is 15.6. The van der Waals surface area contributed by atoms with E-state index < -0.39 is 0 Å². The topological polar surface area (TPSA) is 85.1 Å². The second-order valence-corrected chi connectivity index (χ2v) is 6.25. The molecule has 23 heavy (non-hydrogen) atoms. The molecule has 0 radical (unpaired) electrons. The summed E-state index contributed by atoms with van der Waals surface area (Å²) in [6.07, 6.45) is 8.31. The maximum Gasteiger partial charge on any atom is 0.225 e. The SMILES string of the molecule is Cc1nc(N[C@H]2CCCC[C@H]2C)nc(-n2ccnc2C)c1N=O. The van der Waals surface area contributed by atoms with Gasteiger partial charge in [-0.05, 0) is 37.8 Å². The van der Waals surface area contributed by atoms with E-state index in [1.165, 1.54) is 19.3 Å². The monoisotopic (exact) mass is 314 g/mol. The van der Waals surface area contributed by atoms with Crippen LogP contribution in [-0.2, 0) is 0 Å². The summed E-state index contributed by atoms with van der Waals surface area (Å²) in [5, 5.41) is 6.56. The first-order valence-corrected chi connectivity index (χ1v) is 8.09. The Morgan fingerprint density at radius 1 is 1.26 bits per heavy atom. The summed E-state index contributed by atoms with van der Waals surface area (Å²) in [7, 11) is 0. The van der Waals surface area contributed by atoms with E-state index >= 15 is 0 Å². The van der Waals surface area contributed by atoms with Crippen molar-refractivity contribution >= 4 is 11.6 Å². The quantitative estimate of drug-likeness (QED) is 0.870. The molecule has 0 spiro atoms. The van der Waals surface area contributed by atoms with Crippen molar-refractivity contribution < 1.29 is 0 Å². The van der Waals surface area contributed by atoms with Crippen LogP contribution in [0.4, 0.5) is 11.6 Å². The number of imidazole rings is 1. The molecule has 1 aliphatic rings. The highest BCUT2D eigenvalue weighted by molar-refractivity contribution is 5.58. The molecule has 2 aromatic rings. The van der Waals surface area contributed by atoms with Crippen LogP contribution in [0.25, 0.3) is 5.82 Å². The highest BCUT2D eigenvalue weighted by Crippen LogP contribution is 2.29. The molecule has 0 aliphatic heterocycles. The number of nitrogens with zero attached hydrogens (tertiary/aromatic N) is 5. The van der Waals surface area contributed by atoms with E-state index in [0.717, 1.165) is 12.2 Å². The van der Waals surface area contributed by atoms with E-state index in [1.807, 2.05) is 6.92 Å². The summed E-state index contributed by atoms with van der Waals surface area (Å²) in [6, 6.07) is 0.370. The third-order valence-corrected chi connectivity index (χ3v) is 4.61. The third-order valence-electron chi connectivity index (χ3n) is 4.61. The molecule has 0 aromatic carbocycles. The van der Waals surface area contributed by atoms with E-state index in [-0.39, 0.29) is 5.69 Å². The third kappa shape index (κ3) is 3.09. The first-order chi connectivity index (χ1) is 11.1. The van der Waals surface area contributed by atoms with Gasteiger partial charge in [0.2, 0.25) is 5.95 Å². The molecule has 0 unspecified atom stereocenters. The molecule has 7 heteroatoms. The van der Waals surface area contributed by atoms with Crippen LogP contribution in [0.2, 0.25) is 0 Å². The lowest BCUT2D eigenvalue weighted by Gasteiger charge is -2.29. The van der Waals surface area contributed by atoms with Gasteiger partial charge in [-0.1, -0.05) is 19.8 Å². The van der Waals surface area contributed by atoms with Crippen LogP contribution >= 0.6 is 0 Å². The molecular weight excluding hydrogens is 292 g/mol. The zero-order valence-electron chi connectivity index (χ0n) is 13.8. The van der Waals surface area contributed by atoms with Crippen molar-refractivity contribution in [1.29, 1.82) is 0 Å². The summed E-state index contributed by atoms with van der Waals surface area (Å²) in [6.45, 7) is 5.90. The Balaban J connectivity index is 1.98. The Bertz CT molecular complexity index is 711. The maximum absolute atomic E-state index is 11.2. The Labute approximate surface area is 135 Å². The van der Waals surface area contributed by atoms with Crippen molar-refractivity contribution in [3.63, 3.8) is 0 Å². The normalized spacial score (nSPS) is 21.2. The van der Waals surface area contributed by atoms with Gasteiger partial charge in [-0.15, -0.1) is 4.91 Å². The van der Waals surface area contributed by atoms with E-state index in [9.17, 15) is 4.91 Å². The maximum atomic E-state index is 11.2. The van der Waals surface area contributed by atoms with Gasteiger partial charge < -0.3 is 5.32 Å². The summed E-state index contributed by atoms with van der Waals surface area (Å²) in [5.74, 6) is 2.38. The number of rotatable bonds is 4. The summed E-state index contributed by atoms with van der Waals surface area (Å²) >= 11 is 0. The van der Waals surface area contributed by atoms with Gasteiger partial charge in [-0.25, -0.2) is 9.97 Å². The minimum Gasteiger partial charge on any atom is -0.351 e. The average molecular weight is 314 g/mol. The molecule has 0 saturated heterocycles. The van der Waals surface area contributed by atoms with Crippen molar-refractivity contribution in [3.05, 3.63) is 28.8 Å². The Kier molecular flexibility index (Phi) is 4.36. The molecule has 1 saturated carbocycles. The van der Waals surface area contributed by atoms with Gasteiger partial charge in [0.05, 0.1) is 5.69 Å². The predicted octanol–water partition coefficient (Wildman–Crippen LogP) is 3.67. The molecule has 2 aromatic heterocycles. The van der Waals surface area contributed by atoms with Crippen molar-refractivity contribution in [2.24, 2.45) is 11.1 Å². The fourth-order valence-corrected chi connectivity index (χ4v) is 3.19. The van der Waals surface area contributed by atoms with Crippen LogP contribution in [0.15, 0.2) is 17.6 Å². The van der Waals surface area contributed by atoms with E-state index in [0.29, 0.717) is 29.4 Å². The number of nitroso groups, excluding NO2 is 1. The molecule has 1 aliphatic carbocycles. The molecule has 2 heterocycles. The van der Waals surface area contributed by atoms with E-state index in [4.69, 9.17) is 0 Å². The van der Waals surface area contributed by atoms with Crippen LogP contribution in [-0.4, -0.2) is 25.6 Å². The zero-order valence-corrected chi connectivity index (χ0v) is 13.8. The van der Waals surface area contributed by atoms with E-state index in [2.05, 4.69) is 32.4 Å². The minimum absolute atomic E-state index is 0.258. The number of aryl methyl sites for hydroxylation is 2. The summed E-state index contributed by atoms with van der Waals surface area (Å²) < 4.78 is 1.76. The first-order valence-electron chi connectivity index (χ1n) is 8.09. The summed E-state index contributed by atoms with van der Waals surface area (Å²) in [5.41, 5.74) is 0.831. The number of anilines is 1. The fourth-order valence-electron chi connectivity index (χ4n) is 3.19. The smallest absolute Gasteiger partial charge is 0.225 e. The van der Waals surface area contributed by atoms with Crippen molar-refractivity contribution in [1.82, 2.24) is 19.5 Å². The fraction of sp³-hybridized carbons (Fsp3) is 0.562. The van der Waals surface area contributed by atoms with Gasteiger partial charge in [-0.3, -0.25) is 4.57 Å². The van der Waals surface area contributed by atoms with Gasteiger partial charge in [0, 0.05) is 18.4 Å². The van der Waals surface area contributed by atoms with Gasteiger partial charge in [0.15, 0.2) is 11.5 Å². The Morgan fingerprint density at radius 2 is 2.04 bits per heavy atom. The van der Waals surface area contributed by atoms with E-state index in [1.54, 1.807) is 23.9 Å². The highest BCUT2D eigenvalue weighted by Gasteiger charge is 2.23. The second kappa shape index (κ2) is 6.44. The molecule has 7 nitrogen and oxygen atoms in total. The number of hydrogen-bond donors (Lipinski definition) is 1. The number of nitrogens with one attached hydrogen (secondary N) is 1. The van der Waals surface area contributed by atoms with Crippen LogP contribution in [0.1, 0.15) is 44.1 Å². The molecule has 1 N–H and O–H groups in total. The molecule has 1 fully saturated rings. The number of hydrogen-bond acceptors (Lipinski definition) is 6. The predicted molar refractivity (Wildman–Crippen MR) is 89.1 cm³/mol. The molecule has 0 amide bonds. The zero-order chi connectivity index (χ0) is 16.4. The van der Waals surface area contributed by atoms with Crippen LogP contribution in [0.5, 0.6) is 0 Å². The minimum atomic E-state index is 0.258. The Hall–Kier alpha value is -2.31. The molecule has 0 bridgehead atoms. The van der Waals surface area contributed by atoms with Crippen LogP contribution < -0.4 is 5.32 Å². The van der Waals surface area contributed by atoms with Crippen molar-refractivity contribution in [2.45, 2.75) is 52.5 Å². The molecule has 2 atom stereocenters. The lowest BCUT2D eigenvalue weighted by molar-refractivity contribution is 0.348. The molecule has 3 rings (SSSR count). The van der Waals surface area contributed by atoms with Gasteiger partial charge in [0.1, 0.15) is 5.82 Å². The van der Waals surface area contributed by atoms with Crippen molar-refractivity contribution in [3.8, 4) is 5.82 Å². The number of aromatic nitrogens is 4. The second-order valence-electron chi connectivity index (χ2n) is 6.25. The highest BCUT2D eigenvalue weighted by atomic mass is 16.3. The summed E-state index contributed by atoms with van der Waals surface area (Å²) in [4.78, 5) is 24.4. The molecular formula is C16H22N6O. The Morgan fingerprint density at radius 3 is 2.70 bits per heavy atom. The average Bonchev–Trinajstić information content (AvgIpc) is 2.95. The lowest BCUT2D eigenvalue weighted by atomic mass is 9.86. The van der Waals surface area contributed by atoms with Gasteiger partial charge >= 0.3 is 0 Å². The van der Waals surface area contributed by atoms with Crippen molar-refractivity contribution in [2.75, 3.05) is 5.32 Å². The van der Waals surface area contributed by atoms with Crippen LogP contribution in [0.3, 0.4) is 0 Å². The van der Waals surface area contributed by atoms with Gasteiger partial charge in [-0.2, -0.15) is 4.98 Å². The molecule has 122 valence electrons.